The highest BCUT2D eigenvalue weighted by atomic mass is 79.9. The number of methoxy groups -OCH3 is 1. The van der Waals surface area contributed by atoms with Gasteiger partial charge in [0.2, 0.25) is 0 Å². The van der Waals surface area contributed by atoms with E-state index in [0.29, 0.717) is 5.69 Å². The molecule has 3 aromatic rings. The summed E-state index contributed by atoms with van der Waals surface area (Å²) in [5.41, 5.74) is 0.291. The summed E-state index contributed by atoms with van der Waals surface area (Å²) in [5.74, 6) is -1.98. The molecule has 0 radical (unpaired) electrons. The van der Waals surface area contributed by atoms with E-state index in [4.69, 9.17) is 4.74 Å². The minimum absolute atomic E-state index is 0.0330. The Labute approximate surface area is 178 Å². The maximum atomic E-state index is 13.8. The minimum Gasteiger partial charge on any atom is -0.487 e. The molecule has 3 rings (SSSR count). The van der Waals surface area contributed by atoms with Crippen LogP contribution in [-0.4, -0.2) is 22.8 Å². The highest BCUT2D eigenvalue weighted by Gasteiger charge is 2.17. The van der Waals surface area contributed by atoms with Gasteiger partial charge in [0, 0.05) is 23.4 Å². The number of carbonyl (C=O) groups excluding carboxylic acids is 1. The first-order valence-electron chi connectivity index (χ1n) is 8.66. The highest BCUT2D eigenvalue weighted by Crippen LogP contribution is 2.26. The number of benzene rings is 2. The van der Waals surface area contributed by atoms with Crippen molar-refractivity contribution in [1.82, 2.24) is 4.57 Å². The zero-order valence-corrected chi connectivity index (χ0v) is 17.3. The number of aromatic nitrogens is 1. The second-order valence-electron chi connectivity index (χ2n) is 6.18. The van der Waals surface area contributed by atoms with Crippen molar-refractivity contribution in [2.24, 2.45) is 0 Å². The van der Waals surface area contributed by atoms with Crippen LogP contribution in [0.5, 0.6) is 5.75 Å². The molecule has 0 aliphatic heterocycles. The van der Waals surface area contributed by atoms with E-state index < -0.39 is 29.8 Å². The number of esters is 1. The van der Waals surface area contributed by atoms with Gasteiger partial charge in [-0.15, -0.1) is 0 Å². The summed E-state index contributed by atoms with van der Waals surface area (Å²) in [6.45, 7) is -0.761. The molecular weight excluding hydrogens is 464 g/mol. The molecule has 6 nitrogen and oxygen atoms in total. The number of carbonyl (C=O) groups is 1. The SMILES string of the molecule is COC(=O)c1cccc(-n2c(CO)cc(OCc3ccc(F)cc3F)c(Br)c2=O)c1. The summed E-state index contributed by atoms with van der Waals surface area (Å²) < 4.78 is 38.3. The normalized spacial score (nSPS) is 10.7. The Morgan fingerprint density at radius 3 is 2.60 bits per heavy atom. The van der Waals surface area contributed by atoms with Crippen LogP contribution in [0.3, 0.4) is 0 Å². The molecule has 9 heteroatoms. The van der Waals surface area contributed by atoms with Crippen LogP contribution in [-0.2, 0) is 18.0 Å². The lowest BCUT2D eigenvalue weighted by Gasteiger charge is -2.16. The molecule has 0 saturated carbocycles. The van der Waals surface area contributed by atoms with Crippen LogP contribution < -0.4 is 10.3 Å². The maximum absolute atomic E-state index is 13.8. The van der Waals surface area contributed by atoms with Crippen LogP contribution in [0.4, 0.5) is 8.78 Å². The van der Waals surface area contributed by atoms with Gasteiger partial charge in [0.25, 0.3) is 5.56 Å². The summed E-state index contributed by atoms with van der Waals surface area (Å²) in [5, 5.41) is 9.78. The predicted molar refractivity (Wildman–Crippen MR) is 108 cm³/mol. The van der Waals surface area contributed by atoms with E-state index in [2.05, 4.69) is 20.7 Å². The summed E-state index contributed by atoms with van der Waals surface area (Å²) in [6.07, 6.45) is 0. The van der Waals surface area contributed by atoms with E-state index in [1.54, 1.807) is 12.1 Å². The van der Waals surface area contributed by atoms with Gasteiger partial charge in [-0.25, -0.2) is 13.6 Å². The molecule has 1 heterocycles. The third-order valence-corrected chi connectivity index (χ3v) is 5.01. The molecule has 1 N–H and O–H groups in total. The molecule has 0 unspecified atom stereocenters. The van der Waals surface area contributed by atoms with Crippen molar-refractivity contribution in [1.29, 1.82) is 0 Å². The van der Waals surface area contributed by atoms with Crippen LogP contribution >= 0.6 is 15.9 Å². The molecule has 0 amide bonds. The van der Waals surface area contributed by atoms with Crippen LogP contribution in [0.1, 0.15) is 21.6 Å². The van der Waals surface area contributed by atoms with E-state index >= 15 is 0 Å². The molecule has 0 fully saturated rings. The van der Waals surface area contributed by atoms with Crippen molar-refractivity contribution in [3.8, 4) is 11.4 Å². The number of rotatable bonds is 6. The third kappa shape index (κ3) is 4.42. The number of hydrogen-bond donors (Lipinski definition) is 1. The van der Waals surface area contributed by atoms with Crippen LogP contribution in [0.15, 0.2) is 57.8 Å². The summed E-state index contributed by atoms with van der Waals surface area (Å²) in [6, 6.07) is 10.6. The van der Waals surface area contributed by atoms with Crippen molar-refractivity contribution in [2.75, 3.05) is 7.11 Å². The minimum atomic E-state index is -0.776. The lowest BCUT2D eigenvalue weighted by atomic mass is 10.2. The number of aliphatic hydroxyl groups is 1. The fourth-order valence-corrected chi connectivity index (χ4v) is 3.21. The lowest BCUT2D eigenvalue weighted by molar-refractivity contribution is 0.0600. The molecule has 1 aromatic heterocycles. The largest absolute Gasteiger partial charge is 0.487 e. The number of hydrogen-bond acceptors (Lipinski definition) is 5. The molecule has 0 aliphatic rings. The third-order valence-electron chi connectivity index (χ3n) is 4.28. The smallest absolute Gasteiger partial charge is 0.337 e. The van der Waals surface area contributed by atoms with Gasteiger partial charge >= 0.3 is 5.97 Å². The van der Waals surface area contributed by atoms with E-state index in [1.807, 2.05) is 0 Å². The number of aliphatic hydroxyl groups excluding tert-OH is 1. The van der Waals surface area contributed by atoms with Crippen molar-refractivity contribution >= 4 is 21.9 Å². The van der Waals surface area contributed by atoms with Crippen LogP contribution in [0, 0.1) is 11.6 Å². The average molecular weight is 480 g/mol. The van der Waals surface area contributed by atoms with E-state index in [9.17, 15) is 23.5 Å². The lowest BCUT2D eigenvalue weighted by Crippen LogP contribution is -2.24. The Hall–Kier alpha value is -3.04. The van der Waals surface area contributed by atoms with Gasteiger partial charge in [0.05, 0.1) is 25.0 Å². The first-order valence-corrected chi connectivity index (χ1v) is 9.45. The van der Waals surface area contributed by atoms with Crippen molar-refractivity contribution in [3.63, 3.8) is 0 Å². The first kappa shape index (κ1) is 21.7. The second-order valence-corrected chi connectivity index (χ2v) is 6.97. The molecular formula is C21H16BrF2NO5. The van der Waals surface area contributed by atoms with Gasteiger partial charge < -0.3 is 14.6 Å². The Bertz CT molecular complexity index is 1160. The van der Waals surface area contributed by atoms with Gasteiger partial charge in [-0.3, -0.25) is 9.36 Å². The van der Waals surface area contributed by atoms with Gasteiger partial charge in [-0.2, -0.15) is 0 Å². The summed E-state index contributed by atoms with van der Waals surface area (Å²) in [7, 11) is 1.24. The van der Waals surface area contributed by atoms with E-state index in [1.165, 1.54) is 35.9 Å². The number of nitrogens with zero attached hydrogens (tertiary/aromatic N) is 1. The zero-order valence-electron chi connectivity index (χ0n) is 15.7. The Kier molecular flexibility index (Phi) is 6.63. The molecule has 156 valence electrons. The van der Waals surface area contributed by atoms with Crippen molar-refractivity contribution < 1.29 is 28.2 Å². The molecule has 0 spiro atoms. The zero-order chi connectivity index (χ0) is 21.8. The molecule has 2 aromatic carbocycles. The van der Waals surface area contributed by atoms with Crippen molar-refractivity contribution in [2.45, 2.75) is 13.2 Å². The van der Waals surface area contributed by atoms with Gasteiger partial charge in [-0.1, -0.05) is 6.07 Å². The second kappa shape index (κ2) is 9.19. The Balaban J connectivity index is 1.99. The Morgan fingerprint density at radius 1 is 1.17 bits per heavy atom. The molecule has 0 atom stereocenters. The van der Waals surface area contributed by atoms with E-state index in [-0.39, 0.29) is 33.6 Å². The number of pyridine rings is 1. The average Bonchev–Trinajstić information content (AvgIpc) is 2.75. The predicted octanol–water partition coefficient (Wildman–Crippen LogP) is 3.74. The fraction of sp³-hybridized carbons (Fsp3) is 0.143. The quantitative estimate of drug-likeness (QED) is 0.545. The molecule has 0 bridgehead atoms. The molecule has 30 heavy (non-hydrogen) atoms. The number of ether oxygens (including phenoxy) is 2. The molecule has 0 saturated heterocycles. The molecule has 0 aliphatic carbocycles. The monoisotopic (exact) mass is 479 g/mol. The van der Waals surface area contributed by atoms with E-state index in [0.717, 1.165) is 12.1 Å². The highest BCUT2D eigenvalue weighted by molar-refractivity contribution is 9.10. The van der Waals surface area contributed by atoms with Gasteiger partial charge in [-0.05, 0) is 46.3 Å². The summed E-state index contributed by atoms with van der Waals surface area (Å²) in [4.78, 5) is 24.7. The Morgan fingerprint density at radius 2 is 1.93 bits per heavy atom. The van der Waals surface area contributed by atoms with Crippen LogP contribution in [0.25, 0.3) is 5.69 Å². The standard InChI is InChI=1S/C21H16BrF2NO5/c1-29-21(28)12-3-2-4-15(7-12)25-16(10-26)9-18(19(22)20(25)27)30-11-13-5-6-14(23)8-17(13)24/h2-9,26H,10-11H2,1H3. The summed E-state index contributed by atoms with van der Waals surface area (Å²) >= 11 is 3.17. The van der Waals surface area contributed by atoms with Crippen molar-refractivity contribution in [3.05, 3.63) is 91.8 Å². The number of halogens is 3. The first-order chi connectivity index (χ1) is 14.3. The fourth-order valence-electron chi connectivity index (χ4n) is 2.80. The van der Waals surface area contributed by atoms with Gasteiger partial charge in [0.15, 0.2) is 0 Å². The van der Waals surface area contributed by atoms with Crippen LogP contribution in [0.2, 0.25) is 0 Å². The topological polar surface area (TPSA) is 77.8 Å². The maximum Gasteiger partial charge on any atom is 0.337 e. The van der Waals surface area contributed by atoms with Gasteiger partial charge in [0.1, 0.15) is 28.5 Å².